The van der Waals surface area contributed by atoms with Gasteiger partial charge >= 0.3 is 0 Å². The summed E-state index contributed by atoms with van der Waals surface area (Å²) in [4.78, 5) is 26.9. The number of carbonyl (C=O) groups excluding carboxylic acids is 2. The van der Waals surface area contributed by atoms with Crippen LogP contribution in [0.2, 0.25) is 0 Å². The molecule has 2 heterocycles. The molecule has 5 heteroatoms. The van der Waals surface area contributed by atoms with Crippen molar-refractivity contribution in [2.24, 2.45) is 0 Å². The van der Waals surface area contributed by atoms with E-state index in [9.17, 15) is 9.59 Å². The fourth-order valence-electron chi connectivity index (χ4n) is 2.17. The van der Waals surface area contributed by atoms with Crippen molar-refractivity contribution in [3.05, 3.63) is 53.9 Å². The second-order valence-electron chi connectivity index (χ2n) is 4.47. The molecule has 0 saturated carbocycles. The average molecular weight is 255 g/mol. The van der Waals surface area contributed by atoms with E-state index in [1.165, 1.54) is 0 Å². The Morgan fingerprint density at radius 2 is 1.84 bits per heavy atom. The topological polar surface area (TPSA) is 74.0 Å². The Labute approximate surface area is 110 Å². The molecular weight excluding hydrogens is 242 g/mol. The maximum atomic E-state index is 12.1. The van der Waals surface area contributed by atoms with Crippen molar-refractivity contribution in [1.29, 1.82) is 0 Å². The van der Waals surface area contributed by atoms with Gasteiger partial charge in [-0.25, -0.2) is 0 Å². The van der Waals surface area contributed by atoms with E-state index in [0.717, 1.165) is 5.56 Å². The molecule has 3 rings (SSSR count). The van der Waals surface area contributed by atoms with E-state index in [2.05, 4.69) is 15.6 Å². The second kappa shape index (κ2) is 4.61. The predicted octanol–water partition coefficient (Wildman–Crippen LogP) is 1.31. The summed E-state index contributed by atoms with van der Waals surface area (Å²) in [6.45, 7) is 0. The number of aromatic amines is 1. The van der Waals surface area contributed by atoms with Crippen LogP contribution < -0.4 is 10.6 Å². The van der Waals surface area contributed by atoms with E-state index in [1.807, 2.05) is 30.3 Å². The first kappa shape index (κ1) is 11.5. The first-order valence-electron chi connectivity index (χ1n) is 6.07. The summed E-state index contributed by atoms with van der Waals surface area (Å²) >= 11 is 0. The van der Waals surface area contributed by atoms with Gasteiger partial charge in [-0.1, -0.05) is 30.3 Å². The van der Waals surface area contributed by atoms with Crippen molar-refractivity contribution in [3.8, 4) is 0 Å². The minimum absolute atomic E-state index is 0.199. The highest BCUT2D eigenvalue weighted by atomic mass is 16.2. The van der Waals surface area contributed by atoms with Crippen LogP contribution in [0.1, 0.15) is 16.1 Å². The normalized spacial score (nSPS) is 18.2. The summed E-state index contributed by atoms with van der Waals surface area (Å²) < 4.78 is 0. The van der Waals surface area contributed by atoms with Gasteiger partial charge in [0.1, 0.15) is 11.7 Å². The van der Waals surface area contributed by atoms with Gasteiger partial charge in [-0.15, -0.1) is 0 Å². The third-order valence-corrected chi connectivity index (χ3v) is 3.14. The largest absolute Gasteiger partial charge is 0.355 e. The molecule has 96 valence electrons. The van der Waals surface area contributed by atoms with Crippen LogP contribution in [0.3, 0.4) is 0 Å². The van der Waals surface area contributed by atoms with Gasteiger partial charge in [0.25, 0.3) is 5.91 Å². The predicted molar refractivity (Wildman–Crippen MR) is 70.8 cm³/mol. The summed E-state index contributed by atoms with van der Waals surface area (Å²) in [6, 6.07) is 10.7. The van der Waals surface area contributed by atoms with E-state index >= 15 is 0 Å². The van der Waals surface area contributed by atoms with Gasteiger partial charge in [0.05, 0.1) is 5.69 Å². The number of benzene rings is 1. The van der Waals surface area contributed by atoms with Gasteiger partial charge in [-0.05, 0) is 11.6 Å². The van der Waals surface area contributed by atoms with Crippen LogP contribution in [0.5, 0.6) is 0 Å². The number of anilines is 1. The number of nitrogens with one attached hydrogen (secondary N) is 3. The Bertz CT molecular complexity index is 619. The number of rotatable bonds is 2. The minimum atomic E-state index is -0.560. The van der Waals surface area contributed by atoms with Gasteiger partial charge < -0.3 is 15.6 Å². The zero-order valence-corrected chi connectivity index (χ0v) is 10.1. The van der Waals surface area contributed by atoms with Crippen molar-refractivity contribution in [2.75, 3.05) is 5.32 Å². The van der Waals surface area contributed by atoms with Crippen molar-refractivity contribution < 1.29 is 9.59 Å². The maximum Gasteiger partial charge on any atom is 0.270 e. The molecule has 0 saturated heterocycles. The molecule has 1 atom stereocenters. The van der Waals surface area contributed by atoms with Crippen LogP contribution in [0, 0.1) is 0 Å². The van der Waals surface area contributed by atoms with Crippen LogP contribution in [0.15, 0.2) is 42.6 Å². The van der Waals surface area contributed by atoms with E-state index in [4.69, 9.17) is 0 Å². The lowest BCUT2D eigenvalue weighted by molar-refractivity contribution is -0.117. The quantitative estimate of drug-likeness (QED) is 0.757. The third kappa shape index (κ3) is 2.22. The van der Waals surface area contributed by atoms with Crippen molar-refractivity contribution in [2.45, 2.75) is 12.5 Å². The molecule has 1 aromatic heterocycles. The number of H-pyrrole nitrogens is 1. The highest BCUT2D eigenvalue weighted by Gasteiger charge is 2.28. The highest BCUT2D eigenvalue weighted by Crippen LogP contribution is 2.18. The lowest BCUT2D eigenvalue weighted by atomic mass is 10.1. The first-order valence-corrected chi connectivity index (χ1v) is 6.07. The Morgan fingerprint density at radius 1 is 1.05 bits per heavy atom. The molecule has 1 aliphatic heterocycles. The second-order valence-corrected chi connectivity index (χ2v) is 4.47. The Balaban J connectivity index is 1.83. The van der Waals surface area contributed by atoms with Gasteiger partial charge in [0.15, 0.2) is 0 Å². The standard InChI is InChI=1S/C14H13N3O2/c18-13-11(8-9-4-2-1-3-5-9)17-14(19)12-10(16-13)6-7-15-12/h1-7,11,15H,8H2,(H,16,18)(H,17,19). The first-order chi connectivity index (χ1) is 9.24. The molecule has 1 aliphatic rings. The SMILES string of the molecule is O=C1NC(Cc2ccccc2)C(=O)Nc2cc[nH]c21. The lowest BCUT2D eigenvalue weighted by Crippen LogP contribution is -2.42. The van der Waals surface area contributed by atoms with E-state index in [1.54, 1.807) is 12.3 Å². The molecule has 2 aromatic rings. The summed E-state index contributed by atoms with van der Waals surface area (Å²) in [5.41, 5.74) is 1.93. The van der Waals surface area contributed by atoms with Gasteiger partial charge in [0.2, 0.25) is 5.91 Å². The Kier molecular flexibility index (Phi) is 2.79. The minimum Gasteiger partial charge on any atom is -0.355 e. The average Bonchev–Trinajstić information content (AvgIpc) is 2.83. The van der Waals surface area contributed by atoms with Gasteiger partial charge in [-0.2, -0.15) is 0 Å². The summed E-state index contributed by atoms with van der Waals surface area (Å²) in [7, 11) is 0. The third-order valence-electron chi connectivity index (χ3n) is 3.14. The maximum absolute atomic E-state index is 12.1. The Hall–Kier alpha value is -2.56. The molecule has 5 nitrogen and oxygen atoms in total. The van der Waals surface area contributed by atoms with Crippen LogP contribution in [0.4, 0.5) is 5.69 Å². The van der Waals surface area contributed by atoms with Crippen LogP contribution in [-0.2, 0) is 11.2 Å². The zero-order valence-electron chi connectivity index (χ0n) is 10.1. The van der Waals surface area contributed by atoms with E-state index in [-0.39, 0.29) is 11.8 Å². The van der Waals surface area contributed by atoms with Crippen molar-refractivity contribution >= 4 is 17.5 Å². The fourth-order valence-corrected chi connectivity index (χ4v) is 2.17. The van der Waals surface area contributed by atoms with Crippen LogP contribution in [-0.4, -0.2) is 22.8 Å². The van der Waals surface area contributed by atoms with Crippen molar-refractivity contribution in [1.82, 2.24) is 10.3 Å². The smallest absolute Gasteiger partial charge is 0.270 e. The number of hydrogen-bond acceptors (Lipinski definition) is 2. The Morgan fingerprint density at radius 3 is 2.63 bits per heavy atom. The van der Waals surface area contributed by atoms with Crippen LogP contribution in [0.25, 0.3) is 0 Å². The molecule has 2 amide bonds. The number of amides is 2. The molecule has 0 bridgehead atoms. The molecular formula is C14H13N3O2. The summed E-state index contributed by atoms with van der Waals surface area (Å²) in [5, 5.41) is 5.49. The summed E-state index contributed by atoms with van der Waals surface area (Å²) in [6.07, 6.45) is 2.10. The van der Waals surface area contributed by atoms with Crippen molar-refractivity contribution in [3.63, 3.8) is 0 Å². The summed E-state index contributed by atoms with van der Waals surface area (Å²) in [5.74, 6) is -0.463. The van der Waals surface area contributed by atoms with E-state index in [0.29, 0.717) is 17.8 Å². The molecule has 0 fully saturated rings. The lowest BCUT2D eigenvalue weighted by Gasteiger charge is -2.14. The molecule has 3 N–H and O–H groups in total. The molecule has 0 spiro atoms. The van der Waals surface area contributed by atoms with Gasteiger partial charge in [-0.3, -0.25) is 9.59 Å². The highest BCUT2D eigenvalue weighted by molar-refractivity contribution is 6.08. The molecule has 0 aliphatic carbocycles. The number of hydrogen-bond donors (Lipinski definition) is 3. The molecule has 19 heavy (non-hydrogen) atoms. The van der Waals surface area contributed by atoms with E-state index < -0.39 is 6.04 Å². The zero-order chi connectivity index (χ0) is 13.2. The monoisotopic (exact) mass is 255 g/mol. The number of carbonyl (C=O) groups is 2. The molecule has 1 unspecified atom stereocenters. The van der Waals surface area contributed by atoms with Gasteiger partial charge in [0, 0.05) is 12.6 Å². The molecule has 0 radical (unpaired) electrons. The van der Waals surface area contributed by atoms with Crippen LogP contribution >= 0.6 is 0 Å². The number of fused-ring (bicyclic) bond motifs is 1. The fraction of sp³-hybridized carbons (Fsp3) is 0.143. The number of aromatic nitrogens is 1. The molecule has 1 aromatic carbocycles.